The summed E-state index contributed by atoms with van der Waals surface area (Å²) in [5.41, 5.74) is 3.27. The molecule has 0 bridgehead atoms. The van der Waals surface area contributed by atoms with Crippen molar-refractivity contribution in [3.8, 4) is 17.0 Å². The number of ether oxygens (including phenoxy) is 2. The van der Waals surface area contributed by atoms with Crippen molar-refractivity contribution in [3.63, 3.8) is 0 Å². The number of nitrogens with one attached hydrogen (secondary N) is 1. The lowest BCUT2D eigenvalue weighted by molar-refractivity contribution is -0.118. The van der Waals surface area contributed by atoms with Gasteiger partial charge in [-0.3, -0.25) is 4.79 Å². The monoisotopic (exact) mass is 514 g/mol. The third-order valence-corrected chi connectivity index (χ3v) is 8.60. The van der Waals surface area contributed by atoms with Crippen molar-refractivity contribution < 1.29 is 22.7 Å². The molecule has 0 unspecified atom stereocenters. The fraction of sp³-hybridized carbons (Fsp3) is 0.333. The van der Waals surface area contributed by atoms with Crippen LogP contribution in [0.1, 0.15) is 13.3 Å². The standard InChI is InChI=1S/C24H26N4O5S2/c1-2-9-28-21(17-3-8-22-20(14-17)26-23(29)15-33-22)16-34-24(28)25-18-4-6-19(7-5-18)35(30,31)27-10-12-32-13-11-27/h3-8,14,16H,2,9-13,15H2,1H3,(H,26,29). The zero-order valence-electron chi connectivity index (χ0n) is 19.3. The van der Waals surface area contributed by atoms with Gasteiger partial charge < -0.3 is 19.4 Å². The molecule has 1 aromatic heterocycles. The normalized spacial score (nSPS) is 17.1. The van der Waals surface area contributed by atoms with Crippen LogP contribution in [-0.2, 0) is 26.1 Å². The van der Waals surface area contributed by atoms with E-state index in [0.29, 0.717) is 43.4 Å². The summed E-state index contributed by atoms with van der Waals surface area (Å²) in [6, 6.07) is 12.4. The van der Waals surface area contributed by atoms with E-state index in [9.17, 15) is 13.2 Å². The zero-order valence-corrected chi connectivity index (χ0v) is 20.9. The number of carbonyl (C=O) groups excluding carboxylic acids is 1. The highest BCUT2D eigenvalue weighted by atomic mass is 32.2. The summed E-state index contributed by atoms with van der Waals surface area (Å²) >= 11 is 1.51. The number of hydrogen-bond acceptors (Lipinski definition) is 7. The van der Waals surface area contributed by atoms with Crippen LogP contribution in [0, 0.1) is 0 Å². The van der Waals surface area contributed by atoms with Crippen LogP contribution in [0.4, 0.5) is 11.4 Å². The van der Waals surface area contributed by atoms with E-state index in [2.05, 4.69) is 16.8 Å². The van der Waals surface area contributed by atoms with Crippen molar-refractivity contribution in [1.29, 1.82) is 0 Å². The number of fused-ring (bicyclic) bond motifs is 1. The van der Waals surface area contributed by atoms with E-state index in [1.807, 2.05) is 23.6 Å². The number of benzene rings is 2. The lowest BCUT2D eigenvalue weighted by atomic mass is 10.1. The lowest BCUT2D eigenvalue weighted by Gasteiger charge is -2.26. The van der Waals surface area contributed by atoms with Crippen molar-refractivity contribution in [2.24, 2.45) is 4.99 Å². The Hall–Kier alpha value is -2.99. The highest BCUT2D eigenvalue weighted by Gasteiger charge is 2.26. The molecule has 3 heterocycles. The average Bonchev–Trinajstić information content (AvgIpc) is 3.26. The molecule has 0 spiro atoms. The third kappa shape index (κ3) is 4.90. The number of aromatic nitrogens is 1. The maximum atomic E-state index is 12.9. The predicted octanol–water partition coefficient (Wildman–Crippen LogP) is 3.21. The first-order valence-electron chi connectivity index (χ1n) is 11.4. The van der Waals surface area contributed by atoms with E-state index >= 15 is 0 Å². The Morgan fingerprint density at radius 1 is 1.11 bits per heavy atom. The van der Waals surface area contributed by atoms with Gasteiger partial charge in [0.25, 0.3) is 5.91 Å². The number of carbonyl (C=O) groups is 1. The Morgan fingerprint density at radius 3 is 2.63 bits per heavy atom. The molecule has 9 nitrogen and oxygen atoms in total. The molecule has 1 saturated heterocycles. The van der Waals surface area contributed by atoms with Gasteiger partial charge in [-0.1, -0.05) is 6.92 Å². The number of morpholine rings is 1. The van der Waals surface area contributed by atoms with Crippen LogP contribution in [-0.4, -0.2) is 56.1 Å². The summed E-state index contributed by atoms with van der Waals surface area (Å²) in [6.45, 7) is 4.44. The SMILES string of the molecule is CCCn1c(-c2ccc3c(c2)NC(=O)CO3)csc1=Nc1ccc(S(=O)(=O)N2CCOCC2)cc1. The van der Waals surface area contributed by atoms with Crippen molar-refractivity contribution in [3.05, 3.63) is 52.6 Å². The molecule has 1 fully saturated rings. The molecule has 184 valence electrons. The number of rotatable bonds is 6. The quantitative estimate of drug-likeness (QED) is 0.544. The lowest BCUT2D eigenvalue weighted by Crippen LogP contribution is -2.40. The van der Waals surface area contributed by atoms with Crippen LogP contribution in [0.25, 0.3) is 11.3 Å². The average molecular weight is 515 g/mol. The van der Waals surface area contributed by atoms with Crippen molar-refractivity contribution in [2.75, 3.05) is 38.2 Å². The van der Waals surface area contributed by atoms with Gasteiger partial charge in [0, 0.05) is 30.6 Å². The smallest absolute Gasteiger partial charge is 0.262 e. The summed E-state index contributed by atoms with van der Waals surface area (Å²) in [6.07, 6.45) is 0.915. The largest absolute Gasteiger partial charge is 0.482 e. The highest BCUT2D eigenvalue weighted by molar-refractivity contribution is 7.89. The first-order valence-corrected chi connectivity index (χ1v) is 13.8. The summed E-state index contributed by atoms with van der Waals surface area (Å²) in [7, 11) is -3.54. The zero-order chi connectivity index (χ0) is 24.4. The summed E-state index contributed by atoms with van der Waals surface area (Å²) in [4.78, 5) is 17.6. The molecule has 3 aromatic rings. The number of nitrogens with zero attached hydrogens (tertiary/aromatic N) is 3. The number of thiazole rings is 1. The van der Waals surface area contributed by atoms with E-state index in [-0.39, 0.29) is 17.4 Å². The Kier molecular flexibility index (Phi) is 6.74. The number of sulfonamides is 1. The van der Waals surface area contributed by atoms with E-state index in [4.69, 9.17) is 14.5 Å². The fourth-order valence-electron chi connectivity index (χ4n) is 4.07. The second-order valence-corrected chi connectivity index (χ2v) is 11.0. The molecule has 0 radical (unpaired) electrons. The minimum atomic E-state index is -3.54. The summed E-state index contributed by atoms with van der Waals surface area (Å²) in [5, 5.41) is 4.90. The van der Waals surface area contributed by atoms with Gasteiger partial charge in [0.2, 0.25) is 10.0 Å². The van der Waals surface area contributed by atoms with E-state index in [0.717, 1.165) is 29.0 Å². The fourth-order valence-corrected chi connectivity index (χ4v) is 6.43. The molecule has 0 atom stereocenters. The van der Waals surface area contributed by atoms with Crippen molar-refractivity contribution in [1.82, 2.24) is 8.87 Å². The summed E-state index contributed by atoms with van der Waals surface area (Å²) < 4.78 is 40.1. The van der Waals surface area contributed by atoms with Crippen LogP contribution in [0.15, 0.2) is 57.7 Å². The van der Waals surface area contributed by atoms with E-state index in [1.165, 1.54) is 15.6 Å². The minimum Gasteiger partial charge on any atom is -0.482 e. The van der Waals surface area contributed by atoms with E-state index in [1.54, 1.807) is 24.3 Å². The molecule has 1 N–H and O–H groups in total. The molecule has 2 aliphatic rings. The second kappa shape index (κ2) is 9.94. The van der Waals surface area contributed by atoms with Gasteiger partial charge in [-0.25, -0.2) is 13.4 Å². The molecule has 11 heteroatoms. The van der Waals surface area contributed by atoms with Crippen molar-refractivity contribution in [2.45, 2.75) is 24.8 Å². The van der Waals surface area contributed by atoms with Crippen LogP contribution < -0.4 is 14.9 Å². The maximum Gasteiger partial charge on any atom is 0.262 e. The molecule has 35 heavy (non-hydrogen) atoms. The van der Waals surface area contributed by atoms with E-state index < -0.39 is 10.0 Å². The first-order chi connectivity index (χ1) is 17.0. The Balaban J connectivity index is 1.46. The van der Waals surface area contributed by atoms with Crippen LogP contribution in [0.5, 0.6) is 5.75 Å². The third-order valence-electron chi connectivity index (χ3n) is 5.82. The number of amides is 1. The molecule has 1 amide bonds. The highest BCUT2D eigenvalue weighted by Crippen LogP contribution is 2.33. The molecular weight excluding hydrogens is 488 g/mol. The molecule has 2 aliphatic heterocycles. The Labute approximate surface area is 207 Å². The van der Waals surface area contributed by atoms with Gasteiger partial charge in [0.15, 0.2) is 11.4 Å². The van der Waals surface area contributed by atoms with Gasteiger partial charge in [-0.05, 0) is 48.9 Å². The molecule has 0 aliphatic carbocycles. The van der Waals surface area contributed by atoms with Crippen LogP contribution >= 0.6 is 11.3 Å². The Morgan fingerprint density at radius 2 is 1.89 bits per heavy atom. The molecule has 0 saturated carbocycles. The molecular formula is C24H26N4O5S2. The number of anilines is 1. The van der Waals surface area contributed by atoms with Gasteiger partial charge in [0.05, 0.1) is 35.2 Å². The maximum absolute atomic E-state index is 12.9. The number of hydrogen-bond donors (Lipinski definition) is 1. The van der Waals surface area contributed by atoms with Crippen molar-refractivity contribution >= 4 is 38.6 Å². The predicted molar refractivity (Wildman–Crippen MR) is 133 cm³/mol. The van der Waals surface area contributed by atoms with Crippen LogP contribution in [0.3, 0.4) is 0 Å². The second-order valence-electron chi connectivity index (χ2n) is 8.23. The molecule has 5 rings (SSSR count). The minimum absolute atomic E-state index is 0.0240. The first kappa shape index (κ1) is 23.7. The van der Waals surface area contributed by atoms with Gasteiger partial charge in [0.1, 0.15) is 5.75 Å². The summed E-state index contributed by atoms with van der Waals surface area (Å²) in [5.74, 6) is 0.485. The molecule has 2 aromatic carbocycles. The van der Waals surface area contributed by atoms with Crippen LogP contribution in [0.2, 0.25) is 0 Å². The van der Waals surface area contributed by atoms with Gasteiger partial charge in [-0.2, -0.15) is 4.31 Å². The topological polar surface area (TPSA) is 102 Å². The van der Waals surface area contributed by atoms with Gasteiger partial charge >= 0.3 is 0 Å². The van der Waals surface area contributed by atoms with Gasteiger partial charge in [-0.15, -0.1) is 11.3 Å². The Bertz CT molecular complexity index is 1400.